The molecule has 1 atom stereocenters. The third-order valence-corrected chi connectivity index (χ3v) is 5.40. The Hall–Kier alpha value is -2.05. The van der Waals surface area contributed by atoms with Crippen molar-refractivity contribution >= 4 is 22.5 Å². The van der Waals surface area contributed by atoms with Crippen LogP contribution in [0.3, 0.4) is 0 Å². The van der Waals surface area contributed by atoms with Crippen molar-refractivity contribution in [2.45, 2.75) is 37.1 Å². The number of hydrogen-bond acceptors (Lipinski definition) is 5. The topological polar surface area (TPSA) is 60.2 Å². The molecule has 6 heteroatoms. The van der Waals surface area contributed by atoms with Crippen LogP contribution >= 0.6 is 11.8 Å². The van der Waals surface area contributed by atoms with Gasteiger partial charge in [0.1, 0.15) is 18.2 Å². The number of aromatic nitrogens is 3. The first kappa shape index (κ1) is 16.4. The van der Waals surface area contributed by atoms with Crippen LogP contribution in [0.15, 0.2) is 47.6 Å². The second kappa shape index (κ2) is 7.06. The van der Waals surface area contributed by atoms with E-state index in [4.69, 9.17) is 4.74 Å². The van der Waals surface area contributed by atoms with E-state index in [0.717, 1.165) is 22.1 Å². The molecule has 0 bridgehead atoms. The fraction of sp³-hybridized carbons (Fsp3) is 0.368. The van der Waals surface area contributed by atoms with Gasteiger partial charge in [-0.3, -0.25) is 0 Å². The van der Waals surface area contributed by atoms with Crippen LogP contribution in [0.5, 0.6) is 5.75 Å². The van der Waals surface area contributed by atoms with Crippen molar-refractivity contribution in [1.29, 1.82) is 0 Å². The van der Waals surface area contributed by atoms with Gasteiger partial charge >= 0.3 is 0 Å². The van der Waals surface area contributed by atoms with Crippen molar-refractivity contribution < 1.29 is 9.84 Å². The van der Waals surface area contributed by atoms with Gasteiger partial charge in [0.15, 0.2) is 5.16 Å². The molecule has 1 saturated carbocycles. The normalized spacial score (nSPS) is 15.4. The average molecular weight is 355 g/mol. The number of nitrogens with zero attached hydrogens (tertiary/aromatic N) is 3. The highest BCUT2D eigenvalue weighted by molar-refractivity contribution is 7.99. The Morgan fingerprint density at radius 2 is 2.00 bits per heavy atom. The van der Waals surface area contributed by atoms with Gasteiger partial charge in [-0.05, 0) is 42.7 Å². The van der Waals surface area contributed by atoms with Gasteiger partial charge in [-0.15, -0.1) is 10.2 Å². The minimum absolute atomic E-state index is 0.266. The molecule has 1 aliphatic carbocycles. The molecule has 0 radical (unpaired) electrons. The molecular weight excluding hydrogens is 334 g/mol. The smallest absolute Gasteiger partial charge is 0.191 e. The first-order valence-corrected chi connectivity index (χ1v) is 9.53. The second-order valence-corrected chi connectivity index (χ2v) is 7.40. The molecule has 1 heterocycles. The molecule has 0 saturated heterocycles. The van der Waals surface area contributed by atoms with Gasteiger partial charge in [0, 0.05) is 11.8 Å². The number of hydrogen-bond donors (Lipinski definition) is 1. The zero-order valence-corrected chi connectivity index (χ0v) is 14.9. The summed E-state index contributed by atoms with van der Waals surface area (Å²) in [7, 11) is 0. The summed E-state index contributed by atoms with van der Waals surface area (Å²) in [6.07, 6.45) is 1.83. The molecule has 3 aromatic rings. The first-order chi connectivity index (χ1) is 12.2. The minimum Gasteiger partial charge on any atom is -0.491 e. The van der Waals surface area contributed by atoms with Crippen LogP contribution in [-0.2, 0) is 0 Å². The molecule has 1 fully saturated rings. The van der Waals surface area contributed by atoms with Crippen LogP contribution in [0.25, 0.3) is 10.8 Å². The SMILES string of the molecule is Cc1nnc(SCC(O)COc2ccc3ccccc3c2)n1C1CC1. The van der Waals surface area contributed by atoms with Crippen molar-refractivity contribution in [2.24, 2.45) is 0 Å². The van der Waals surface area contributed by atoms with Gasteiger partial charge in [-0.25, -0.2) is 0 Å². The molecule has 4 rings (SSSR count). The van der Waals surface area contributed by atoms with E-state index in [1.807, 2.05) is 37.3 Å². The molecule has 1 N–H and O–H groups in total. The quantitative estimate of drug-likeness (QED) is 0.656. The van der Waals surface area contributed by atoms with Crippen LogP contribution < -0.4 is 4.74 Å². The number of aliphatic hydroxyl groups is 1. The zero-order valence-electron chi connectivity index (χ0n) is 14.1. The summed E-state index contributed by atoms with van der Waals surface area (Å²) < 4.78 is 7.94. The maximum Gasteiger partial charge on any atom is 0.191 e. The molecule has 25 heavy (non-hydrogen) atoms. The van der Waals surface area contributed by atoms with E-state index >= 15 is 0 Å². The van der Waals surface area contributed by atoms with Crippen molar-refractivity contribution in [1.82, 2.24) is 14.8 Å². The van der Waals surface area contributed by atoms with Crippen molar-refractivity contribution in [3.8, 4) is 5.75 Å². The van der Waals surface area contributed by atoms with E-state index in [2.05, 4.69) is 26.9 Å². The molecule has 0 spiro atoms. The standard InChI is InChI=1S/C19H21N3O2S/c1-13-20-21-19(22(13)16-7-8-16)25-12-17(23)11-24-18-9-6-14-4-2-3-5-15(14)10-18/h2-6,9-10,16-17,23H,7-8,11-12H2,1H3. The van der Waals surface area contributed by atoms with Crippen LogP contribution in [0, 0.1) is 6.92 Å². The molecule has 0 amide bonds. The number of ether oxygens (including phenoxy) is 1. The maximum atomic E-state index is 10.2. The predicted molar refractivity (Wildman–Crippen MR) is 99.2 cm³/mol. The summed E-state index contributed by atoms with van der Waals surface area (Å²) in [5.74, 6) is 2.27. The molecule has 130 valence electrons. The van der Waals surface area contributed by atoms with Gasteiger partial charge in [-0.2, -0.15) is 0 Å². The Balaban J connectivity index is 1.32. The lowest BCUT2D eigenvalue weighted by Gasteiger charge is -2.13. The fourth-order valence-electron chi connectivity index (χ4n) is 2.87. The summed E-state index contributed by atoms with van der Waals surface area (Å²) >= 11 is 1.54. The zero-order chi connectivity index (χ0) is 17.2. The Labute approximate surface area is 151 Å². The monoisotopic (exact) mass is 355 g/mol. The van der Waals surface area contributed by atoms with Crippen molar-refractivity contribution in [3.63, 3.8) is 0 Å². The third kappa shape index (κ3) is 3.80. The lowest BCUT2D eigenvalue weighted by molar-refractivity contribution is 0.126. The summed E-state index contributed by atoms with van der Waals surface area (Å²) in [5.41, 5.74) is 0. The van der Waals surface area contributed by atoms with Crippen LogP contribution in [-0.4, -0.2) is 38.3 Å². The predicted octanol–water partition coefficient (Wildman–Crippen LogP) is 3.61. The number of fused-ring (bicyclic) bond motifs is 1. The highest BCUT2D eigenvalue weighted by Crippen LogP contribution is 2.38. The molecule has 1 aliphatic rings. The van der Waals surface area contributed by atoms with E-state index < -0.39 is 6.10 Å². The van der Waals surface area contributed by atoms with Gasteiger partial charge in [0.05, 0.1) is 6.10 Å². The van der Waals surface area contributed by atoms with Gasteiger partial charge in [0.2, 0.25) is 0 Å². The fourth-order valence-corrected chi connectivity index (χ4v) is 3.83. The molecule has 0 aliphatic heterocycles. The summed E-state index contributed by atoms with van der Waals surface area (Å²) in [4.78, 5) is 0. The van der Waals surface area contributed by atoms with Crippen molar-refractivity contribution in [2.75, 3.05) is 12.4 Å². The molecule has 1 aromatic heterocycles. The molecule has 1 unspecified atom stereocenters. The van der Waals surface area contributed by atoms with Gasteiger partial charge in [-0.1, -0.05) is 42.1 Å². The Morgan fingerprint density at radius 1 is 1.20 bits per heavy atom. The summed E-state index contributed by atoms with van der Waals surface area (Å²) in [6.45, 7) is 2.25. The molecular formula is C19H21N3O2S. The molecule has 2 aromatic carbocycles. The Bertz CT molecular complexity index is 876. The van der Waals surface area contributed by atoms with Crippen molar-refractivity contribution in [3.05, 3.63) is 48.3 Å². The Morgan fingerprint density at radius 3 is 2.80 bits per heavy atom. The summed E-state index contributed by atoms with van der Waals surface area (Å²) in [6, 6.07) is 14.7. The van der Waals surface area contributed by atoms with Gasteiger partial charge < -0.3 is 14.4 Å². The number of benzene rings is 2. The first-order valence-electron chi connectivity index (χ1n) is 8.54. The van der Waals surface area contributed by atoms with Crippen LogP contribution in [0.1, 0.15) is 24.7 Å². The number of aryl methyl sites for hydroxylation is 1. The van der Waals surface area contributed by atoms with E-state index in [-0.39, 0.29) is 6.61 Å². The summed E-state index contributed by atoms with van der Waals surface area (Å²) in [5, 5.41) is 21.8. The van der Waals surface area contributed by atoms with Crippen LogP contribution in [0.2, 0.25) is 0 Å². The number of rotatable bonds is 7. The Kier molecular flexibility index (Phi) is 4.63. The van der Waals surface area contributed by atoms with E-state index in [1.54, 1.807) is 11.8 Å². The second-order valence-electron chi connectivity index (χ2n) is 6.42. The lowest BCUT2D eigenvalue weighted by atomic mass is 10.1. The highest BCUT2D eigenvalue weighted by Gasteiger charge is 2.28. The van der Waals surface area contributed by atoms with Gasteiger partial charge in [0.25, 0.3) is 0 Å². The van der Waals surface area contributed by atoms with E-state index in [1.165, 1.54) is 18.2 Å². The van der Waals surface area contributed by atoms with E-state index in [0.29, 0.717) is 11.8 Å². The highest BCUT2D eigenvalue weighted by atomic mass is 32.2. The largest absolute Gasteiger partial charge is 0.491 e. The third-order valence-electron chi connectivity index (χ3n) is 4.32. The maximum absolute atomic E-state index is 10.2. The average Bonchev–Trinajstić information content (AvgIpc) is 3.40. The lowest BCUT2D eigenvalue weighted by Crippen LogP contribution is -2.20. The number of thioether (sulfide) groups is 1. The molecule has 5 nitrogen and oxygen atoms in total. The number of aliphatic hydroxyl groups excluding tert-OH is 1. The van der Waals surface area contributed by atoms with Crippen LogP contribution in [0.4, 0.5) is 0 Å². The van der Waals surface area contributed by atoms with E-state index in [9.17, 15) is 5.11 Å². The minimum atomic E-state index is -0.555.